The van der Waals surface area contributed by atoms with Gasteiger partial charge in [-0.2, -0.15) is 0 Å². The van der Waals surface area contributed by atoms with Crippen molar-refractivity contribution >= 4 is 5.82 Å². The SMILES string of the molecule is COc1cc(C#CC[C@H](C)N)cnc1N. The third kappa shape index (κ3) is 3.49. The van der Waals surface area contributed by atoms with Gasteiger partial charge in [0.05, 0.1) is 7.11 Å². The van der Waals surface area contributed by atoms with E-state index in [9.17, 15) is 0 Å². The van der Waals surface area contributed by atoms with E-state index in [2.05, 4.69) is 16.8 Å². The van der Waals surface area contributed by atoms with Gasteiger partial charge < -0.3 is 16.2 Å². The van der Waals surface area contributed by atoms with Gasteiger partial charge >= 0.3 is 0 Å². The maximum atomic E-state index is 5.57. The van der Waals surface area contributed by atoms with E-state index in [0.717, 1.165) is 5.56 Å². The smallest absolute Gasteiger partial charge is 0.166 e. The molecule has 15 heavy (non-hydrogen) atoms. The number of nitrogens with two attached hydrogens (primary N) is 2. The van der Waals surface area contributed by atoms with Crippen LogP contribution in [0.25, 0.3) is 0 Å². The zero-order valence-corrected chi connectivity index (χ0v) is 8.95. The van der Waals surface area contributed by atoms with Crippen LogP contribution >= 0.6 is 0 Å². The molecule has 0 fully saturated rings. The van der Waals surface area contributed by atoms with E-state index in [1.165, 1.54) is 0 Å². The summed E-state index contributed by atoms with van der Waals surface area (Å²) in [4.78, 5) is 3.97. The third-order valence-electron chi connectivity index (χ3n) is 1.76. The van der Waals surface area contributed by atoms with Gasteiger partial charge in [-0.25, -0.2) is 4.98 Å². The lowest BCUT2D eigenvalue weighted by Gasteiger charge is -2.02. The lowest BCUT2D eigenvalue weighted by atomic mass is 10.2. The summed E-state index contributed by atoms with van der Waals surface area (Å²) in [6.07, 6.45) is 2.28. The highest BCUT2D eigenvalue weighted by Crippen LogP contribution is 2.18. The molecule has 0 radical (unpaired) electrons. The largest absolute Gasteiger partial charge is 0.493 e. The molecule has 4 N–H and O–H groups in total. The van der Waals surface area contributed by atoms with Crippen LogP contribution in [0, 0.1) is 11.8 Å². The Morgan fingerprint density at radius 2 is 2.33 bits per heavy atom. The first-order chi connectivity index (χ1) is 7.13. The minimum absolute atomic E-state index is 0.0844. The molecule has 0 aromatic carbocycles. The fourth-order valence-electron chi connectivity index (χ4n) is 1.00. The molecule has 0 aliphatic heterocycles. The zero-order valence-electron chi connectivity index (χ0n) is 8.95. The highest BCUT2D eigenvalue weighted by atomic mass is 16.5. The van der Waals surface area contributed by atoms with Gasteiger partial charge in [0.15, 0.2) is 11.6 Å². The van der Waals surface area contributed by atoms with E-state index >= 15 is 0 Å². The summed E-state index contributed by atoms with van der Waals surface area (Å²) in [5.74, 6) is 6.83. The van der Waals surface area contributed by atoms with Crippen molar-refractivity contribution in [2.45, 2.75) is 19.4 Å². The molecule has 1 rings (SSSR count). The monoisotopic (exact) mass is 205 g/mol. The quantitative estimate of drug-likeness (QED) is 0.699. The Kier molecular flexibility index (Phi) is 3.95. The molecule has 80 valence electrons. The van der Waals surface area contributed by atoms with Gasteiger partial charge in [-0.1, -0.05) is 11.8 Å². The van der Waals surface area contributed by atoms with Crippen LogP contribution in [0.1, 0.15) is 18.9 Å². The highest BCUT2D eigenvalue weighted by molar-refractivity contribution is 5.50. The molecule has 0 amide bonds. The Hall–Kier alpha value is -1.73. The number of hydrogen-bond acceptors (Lipinski definition) is 4. The van der Waals surface area contributed by atoms with Crippen LogP contribution < -0.4 is 16.2 Å². The fraction of sp³-hybridized carbons (Fsp3) is 0.364. The fourth-order valence-corrected chi connectivity index (χ4v) is 1.00. The number of rotatable bonds is 2. The van der Waals surface area contributed by atoms with E-state index in [4.69, 9.17) is 16.2 Å². The average Bonchev–Trinajstić information content (AvgIpc) is 2.20. The van der Waals surface area contributed by atoms with Crippen LogP contribution in [0.2, 0.25) is 0 Å². The zero-order chi connectivity index (χ0) is 11.3. The second kappa shape index (κ2) is 5.23. The van der Waals surface area contributed by atoms with E-state index in [1.807, 2.05) is 6.92 Å². The second-order valence-electron chi connectivity index (χ2n) is 3.29. The number of hydrogen-bond donors (Lipinski definition) is 2. The summed E-state index contributed by atoms with van der Waals surface area (Å²) < 4.78 is 5.03. The second-order valence-corrected chi connectivity index (χ2v) is 3.29. The number of aromatic nitrogens is 1. The van der Waals surface area contributed by atoms with Crippen molar-refractivity contribution in [3.8, 4) is 17.6 Å². The van der Waals surface area contributed by atoms with Crippen molar-refractivity contribution in [3.63, 3.8) is 0 Å². The van der Waals surface area contributed by atoms with E-state index in [-0.39, 0.29) is 6.04 Å². The molecule has 4 nitrogen and oxygen atoms in total. The molecule has 1 atom stereocenters. The van der Waals surface area contributed by atoms with Crippen molar-refractivity contribution in [1.82, 2.24) is 4.98 Å². The number of nitrogen functional groups attached to an aromatic ring is 1. The molecule has 0 bridgehead atoms. The van der Waals surface area contributed by atoms with Crippen LogP contribution in [0.4, 0.5) is 5.82 Å². The Balaban J connectivity index is 2.81. The summed E-state index contributed by atoms with van der Waals surface area (Å²) >= 11 is 0. The molecule has 0 spiro atoms. The molecular weight excluding hydrogens is 190 g/mol. The Labute approximate surface area is 89.6 Å². The minimum atomic E-state index is 0.0844. The predicted molar refractivity (Wildman–Crippen MR) is 60.3 cm³/mol. The van der Waals surface area contributed by atoms with Crippen molar-refractivity contribution in [3.05, 3.63) is 17.8 Å². The van der Waals surface area contributed by atoms with Gasteiger partial charge in [-0.05, 0) is 6.92 Å². The van der Waals surface area contributed by atoms with Crippen LogP contribution in [-0.4, -0.2) is 18.1 Å². The maximum absolute atomic E-state index is 5.57. The van der Waals surface area contributed by atoms with Crippen LogP contribution in [0.5, 0.6) is 5.75 Å². The normalized spacial score (nSPS) is 11.4. The first-order valence-corrected chi connectivity index (χ1v) is 4.67. The molecule has 4 heteroatoms. The molecule has 0 aliphatic rings. The Bertz CT molecular complexity index is 391. The van der Waals surface area contributed by atoms with Gasteiger partial charge in [-0.3, -0.25) is 0 Å². The topological polar surface area (TPSA) is 74.2 Å². The van der Waals surface area contributed by atoms with Gasteiger partial charge in [-0.15, -0.1) is 0 Å². The number of methoxy groups -OCH3 is 1. The maximum Gasteiger partial charge on any atom is 0.166 e. The first kappa shape index (κ1) is 11.3. The number of ether oxygens (including phenoxy) is 1. The summed E-state index contributed by atoms with van der Waals surface area (Å²) in [6.45, 7) is 1.91. The summed E-state index contributed by atoms with van der Waals surface area (Å²) in [7, 11) is 1.55. The molecule has 0 unspecified atom stereocenters. The van der Waals surface area contributed by atoms with Crippen molar-refractivity contribution in [2.24, 2.45) is 5.73 Å². The van der Waals surface area contributed by atoms with Crippen LogP contribution in [0.15, 0.2) is 12.3 Å². The number of nitrogens with zero attached hydrogens (tertiary/aromatic N) is 1. The standard InChI is InChI=1S/C11H15N3O/c1-8(12)4-3-5-9-6-10(15-2)11(13)14-7-9/h6-8H,4,12H2,1-2H3,(H2,13,14)/t8-/m0/s1. The average molecular weight is 205 g/mol. The van der Waals surface area contributed by atoms with Crippen molar-refractivity contribution in [1.29, 1.82) is 0 Å². The van der Waals surface area contributed by atoms with E-state index < -0.39 is 0 Å². The number of anilines is 1. The number of pyridine rings is 1. The summed E-state index contributed by atoms with van der Waals surface area (Å²) in [5, 5.41) is 0. The summed E-state index contributed by atoms with van der Waals surface area (Å²) in [6, 6.07) is 1.84. The van der Waals surface area contributed by atoms with Gasteiger partial charge in [0.2, 0.25) is 0 Å². The highest BCUT2D eigenvalue weighted by Gasteiger charge is 1.99. The Morgan fingerprint density at radius 1 is 1.60 bits per heavy atom. The van der Waals surface area contributed by atoms with Crippen LogP contribution in [0.3, 0.4) is 0 Å². The lowest BCUT2D eigenvalue weighted by molar-refractivity contribution is 0.415. The van der Waals surface area contributed by atoms with Crippen molar-refractivity contribution in [2.75, 3.05) is 12.8 Å². The lowest BCUT2D eigenvalue weighted by Crippen LogP contribution is -2.12. The molecule has 0 saturated heterocycles. The van der Waals surface area contributed by atoms with Crippen LogP contribution in [-0.2, 0) is 0 Å². The molecule has 1 aromatic heterocycles. The molecule has 0 saturated carbocycles. The van der Waals surface area contributed by atoms with E-state index in [0.29, 0.717) is 18.0 Å². The predicted octanol–water partition coefficient (Wildman–Crippen LogP) is 0.761. The molecular formula is C11H15N3O. The molecule has 0 aliphatic carbocycles. The minimum Gasteiger partial charge on any atom is -0.493 e. The van der Waals surface area contributed by atoms with Crippen molar-refractivity contribution < 1.29 is 4.74 Å². The third-order valence-corrected chi connectivity index (χ3v) is 1.76. The van der Waals surface area contributed by atoms with Gasteiger partial charge in [0.1, 0.15) is 0 Å². The Morgan fingerprint density at radius 3 is 2.93 bits per heavy atom. The van der Waals surface area contributed by atoms with Gasteiger partial charge in [0, 0.05) is 30.3 Å². The first-order valence-electron chi connectivity index (χ1n) is 4.67. The molecule has 1 heterocycles. The summed E-state index contributed by atoms with van der Waals surface area (Å²) in [5.41, 5.74) is 11.9. The van der Waals surface area contributed by atoms with Gasteiger partial charge in [0.25, 0.3) is 0 Å². The van der Waals surface area contributed by atoms with E-state index in [1.54, 1.807) is 19.4 Å². The molecule has 1 aromatic rings.